The van der Waals surface area contributed by atoms with Crippen LogP contribution in [-0.2, 0) is 0 Å². The van der Waals surface area contributed by atoms with Crippen molar-refractivity contribution in [1.82, 2.24) is 0 Å². The molecule has 0 aromatic heterocycles. The first-order valence-electron chi connectivity index (χ1n) is 7.53. The van der Waals surface area contributed by atoms with Crippen LogP contribution in [0.5, 0.6) is 0 Å². The van der Waals surface area contributed by atoms with Crippen LogP contribution in [0.25, 0.3) is 0 Å². The van der Waals surface area contributed by atoms with Crippen LogP contribution in [-0.4, -0.2) is 6.04 Å². The molecular weight excluding hydrogens is 194 g/mol. The molecule has 1 atom stereocenters. The molecule has 0 saturated heterocycles. The Morgan fingerprint density at radius 3 is 2.25 bits per heavy atom. The molecule has 0 heterocycles. The average molecular weight is 225 g/mol. The van der Waals surface area contributed by atoms with E-state index in [4.69, 9.17) is 5.73 Å². The summed E-state index contributed by atoms with van der Waals surface area (Å²) < 4.78 is 0. The Hall–Kier alpha value is -0.0400. The van der Waals surface area contributed by atoms with E-state index in [9.17, 15) is 0 Å². The Morgan fingerprint density at radius 1 is 1.00 bits per heavy atom. The van der Waals surface area contributed by atoms with Crippen molar-refractivity contribution in [3.63, 3.8) is 0 Å². The molecule has 0 aromatic carbocycles. The van der Waals surface area contributed by atoms with Gasteiger partial charge in [0.05, 0.1) is 0 Å². The molecule has 96 valence electrons. The number of hydrogen-bond donors (Lipinski definition) is 1. The largest absolute Gasteiger partial charge is 0.327 e. The van der Waals surface area contributed by atoms with Gasteiger partial charge in [-0.05, 0) is 31.1 Å². The molecule has 0 amide bonds. The van der Waals surface area contributed by atoms with Crippen molar-refractivity contribution < 1.29 is 0 Å². The number of nitrogens with two attached hydrogens (primary N) is 1. The van der Waals surface area contributed by atoms with Crippen LogP contribution >= 0.6 is 0 Å². The van der Waals surface area contributed by atoms with Gasteiger partial charge in [-0.2, -0.15) is 0 Å². The van der Waals surface area contributed by atoms with Crippen LogP contribution in [0.3, 0.4) is 0 Å². The molecule has 0 radical (unpaired) electrons. The van der Waals surface area contributed by atoms with E-state index in [0.717, 1.165) is 11.8 Å². The van der Waals surface area contributed by atoms with Crippen molar-refractivity contribution in [2.24, 2.45) is 17.6 Å². The lowest BCUT2D eigenvalue weighted by Crippen LogP contribution is -2.32. The summed E-state index contributed by atoms with van der Waals surface area (Å²) in [6.07, 6.45) is 13.7. The van der Waals surface area contributed by atoms with Crippen molar-refractivity contribution in [2.75, 3.05) is 0 Å². The first-order chi connectivity index (χ1) is 7.77. The van der Waals surface area contributed by atoms with Gasteiger partial charge < -0.3 is 5.73 Å². The molecule has 1 aliphatic carbocycles. The summed E-state index contributed by atoms with van der Waals surface area (Å²) in [5.74, 6) is 1.84. The van der Waals surface area contributed by atoms with Gasteiger partial charge in [0, 0.05) is 6.04 Å². The lowest BCUT2D eigenvalue weighted by atomic mass is 9.77. The van der Waals surface area contributed by atoms with Gasteiger partial charge in [-0.25, -0.2) is 0 Å². The third-order valence-electron chi connectivity index (χ3n) is 4.47. The lowest BCUT2D eigenvalue weighted by molar-refractivity contribution is 0.231. The molecule has 16 heavy (non-hydrogen) atoms. The van der Waals surface area contributed by atoms with E-state index in [1.807, 2.05) is 0 Å². The van der Waals surface area contributed by atoms with Crippen molar-refractivity contribution >= 4 is 0 Å². The summed E-state index contributed by atoms with van der Waals surface area (Å²) in [7, 11) is 0. The zero-order valence-corrected chi connectivity index (χ0v) is 11.4. The van der Waals surface area contributed by atoms with Gasteiger partial charge in [0.15, 0.2) is 0 Å². The van der Waals surface area contributed by atoms with Crippen molar-refractivity contribution in [3.8, 4) is 0 Å². The first kappa shape index (κ1) is 14.0. The quantitative estimate of drug-likeness (QED) is 0.634. The van der Waals surface area contributed by atoms with Crippen LogP contribution in [0, 0.1) is 11.8 Å². The van der Waals surface area contributed by atoms with Gasteiger partial charge in [-0.15, -0.1) is 0 Å². The van der Waals surface area contributed by atoms with Gasteiger partial charge in [-0.1, -0.05) is 58.8 Å². The molecule has 1 fully saturated rings. The number of rotatable bonds is 7. The van der Waals surface area contributed by atoms with Gasteiger partial charge in [0.25, 0.3) is 0 Å². The molecule has 0 aromatic rings. The Labute approximate surface area is 102 Å². The normalized spacial score (nSPS) is 27.9. The third kappa shape index (κ3) is 4.86. The van der Waals surface area contributed by atoms with Crippen LogP contribution in [0.1, 0.15) is 78.1 Å². The summed E-state index contributed by atoms with van der Waals surface area (Å²) in [5.41, 5.74) is 6.32. The van der Waals surface area contributed by atoms with Crippen LogP contribution in [0.2, 0.25) is 0 Å². The summed E-state index contributed by atoms with van der Waals surface area (Å²) >= 11 is 0. The summed E-state index contributed by atoms with van der Waals surface area (Å²) in [6.45, 7) is 4.60. The maximum absolute atomic E-state index is 6.32. The maximum atomic E-state index is 6.32. The SMILES string of the molecule is CCCCCCC(N)C1CCC(CC)CC1. The standard InChI is InChI=1S/C15H31N/c1-3-5-6-7-8-15(16)14-11-9-13(4-2)10-12-14/h13-15H,3-12,16H2,1-2H3. The molecule has 1 unspecified atom stereocenters. The van der Waals surface area contributed by atoms with Crippen molar-refractivity contribution in [1.29, 1.82) is 0 Å². The topological polar surface area (TPSA) is 26.0 Å². The van der Waals surface area contributed by atoms with Gasteiger partial charge in [0.2, 0.25) is 0 Å². The molecule has 1 saturated carbocycles. The summed E-state index contributed by atoms with van der Waals surface area (Å²) in [6, 6.07) is 0.495. The maximum Gasteiger partial charge on any atom is 0.00671 e. The van der Waals surface area contributed by atoms with Gasteiger partial charge in [0.1, 0.15) is 0 Å². The molecule has 0 aliphatic heterocycles. The minimum absolute atomic E-state index is 0.495. The molecule has 1 aliphatic rings. The Bertz CT molecular complexity index is 159. The van der Waals surface area contributed by atoms with E-state index < -0.39 is 0 Å². The molecule has 0 bridgehead atoms. The minimum Gasteiger partial charge on any atom is -0.327 e. The Morgan fingerprint density at radius 2 is 1.69 bits per heavy atom. The highest BCUT2D eigenvalue weighted by atomic mass is 14.6. The Kier molecular flexibility index (Phi) is 7.11. The fourth-order valence-electron chi connectivity index (χ4n) is 3.07. The van der Waals surface area contributed by atoms with Gasteiger partial charge in [-0.3, -0.25) is 0 Å². The van der Waals surface area contributed by atoms with Crippen LogP contribution in [0.4, 0.5) is 0 Å². The highest BCUT2D eigenvalue weighted by Crippen LogP contribution is 2.33. The fourth-order valence-corrected chi connectivity index (χ4v) is 3.07. The lowest BCUT2D eigenvalue weighted by Gasteiger charge is -2.31. The summed E-state index contributed by atoms with van der Waals surface area (Å²) in [5, 5.41) is 0. The van der Waals surface area contributed by atoms with Gasteiger partial charge >= 0.3 is 0 Å². The van der Waals surface area contributed by atoms with E-state index in [-0.39, 0.29) is 0 Å². The monoisotopic (exact) mass is 225 g/mol. The van der Waals surface area contributed by atoms with Crippen molar-refractivity contribution in [3.05, 3.63) is 0 Å². The second-order valence-electron chi connectivity index (χ2n) is 5.70. The zero-order valence-electron chi connectivity index (χ0n) is 11.4. The van der Waals surface area contributed by atoms with E-state index in [1.54, 1.807) is 0 Å². The van der Waals surface area contributed by atoms with E-state index in [1.165, 1.54) is 64.2 Å². The molecule has 1 rings (SSSR count). The average Bonchev–Trinajstić information content (AvgIpc) is 2.34. The highest BCUT2D eigenvalue weighted by molar-refractivity contribution is 4.79. The zero-order chi connectivity index (χ0) is 11.8. The Balaban J connectivity index is 2.10. The number of unbranched alkanes of at least 4 members (excludes halogenated alkanes) is 3. The predicted octanol–water partition coefficient (Wildman–Crippen LogP) is 4.50. The smallest absolute Gasteiger partial charge is 0.00671 e. The minimum atomic E-state index is 0.495. The van der Waals surface area contributed by atoms with E-state index >= 15 is 0 Å². The first-order valence-corrected chi connectivity index (χ1v) is 7.53. The molecule has 0 spiro atoms. The highest BCUT2D eigenvalue weighted by Gasteiger charge is 2.24. The second kappa shape index (κ2) is 8.11. The van der Waals surface area contributed by atoms with Crippen LogP contribution in [0.15, 0.2) is 0 Å². The van der Waals surface area contributed by atoms with Crippen molar-refractivity contribution in [2.45, 2.75) is 84.1 Å². The second-order valence-corrected chi connectivity index (χ2v) is 5.70. The molecule has 1 heteroatoms. The predicted molar refractivity (Wildman–Crippen MR) is 72.5 cm³/mol. The molecule has 2 N–H and O–H groups in total. The summed E-state index contributed by atoms with van der Waals surface area (Å²) in [4.78, 5) is 0. The molecule has 1 nitrogen and oxygen atoms in total. The third-order valence-corrected chi connectivity index (χ3v) is 4.47. The van der Waals surface area contributed by atoms with E-state index in [0.29, 0.717) is 6.04 Å². The molecular formula is C15H31N. The van der Waals surface area contributed by atoms with E-state index in [2.05, 4.69) is 13.8 Å². The number of hydrogen-bond acceptors (Lipinski definition) is 1. The fraction of sp³-hybridized carbons (Fsp3) is 1.00. The van der Waals surface area contributed by atoms with Crippen LogP contribution < -0.4 is 5.73 Å².